The number of rotatable bonds is 2. The van der Waals surface area contributed by atoms with Crippen molar-refractivity contribution in [2.24, 2.45) is 0 Å². The zero-order valence-electron chi connectivity index (χ0n) is 19.9. The van der Waals surface area contributed by atoms with Crippen LogP contribution >= 0.6 is 11.3 Å². The van der Waals surface area contributed by atoms with E-state index in [0.717, 1.165) is 0 Å². The second kappa shape index (κ2) is 7.35. The minimum absolute atomic E-state index is 0.118. The number of hydrogen-bond donors (Lipinski definition) is 0. The van der Waals surface area contributed by atoms with Crippen molar-refractivity contribution >= 4 is 33.1 Å². The molecule has 0 aliphatic rings. The van der Waals surface area contributed by atoms with E-state index in [-0.39, 0.29) is 10.8 Å². The van der Waals surface area contributed by atoms with E-state index in [1.54, 1.807) is 11.3 Å². The highest BCUT2D eigenvalue weighted by Gasteiger charge is 2.20. The lowest BCUT2D eigenvalue weighted by atomic mass is 9.85. The summed E-state index contributed by atoms with van der Waals surface area (Å²) >= 11 is 1.79. The predicted molar refractivity (Wildman–Crippen MR) is 141 cm³/mol. The molecule has 2 aromatic heterocycles. The van der Waals surface area contributed by atoms with Gasteiger partial charge in [0.05, 0.1) is 11.0 Å². The van der Waals surface area contributed by atoms with Crippen LogP contribution in [0.15, 0.2) is 78.2 Å². The monoisotopic (exact) mass is 437 g/mol. The molecule has 0 saturated carbocycles. The third kappa shape index (κ3) is 3.57. The van der Waals surface area contributed by atoms with Gasteiger partial charge in [-0.2, -0.15) is 0 Å². The number of aromatic nitrogens is 1. The molecule has 0 atom stereocenters. The van der Waals surface area contributed by atoms with Crippen molar-refractivity contribution in [1.82, 2.24) is 4.57 Å². The number of nitrogens with zero attached hydrogens (tertiary/aromatic N) is 1. The average molecular weight is 438 g/mol. The summed E-state index contributed by atoms with van der Waals surface area (Å²) in [5, 5.41) is 4.80. The lowest BCUT2D eigenvalue weighted by Gasteiger charge is -2.19. The fourth-order valence-electron chi connectivity index (χ4n) is 4.45. The number of benzene rings is 3. The molecule has 3 aromatic carbocycles. The van der Waals surface area contributed by atoms with Crippen molar-refractivity contribution in [3.05, 3.63) is 89.3 Å². The van der Waals surface area contributed by atoms with Crippen LogP contribution in [0.1, 0.15) is 52.7 Å². The van der Waals surface area contributed by atoms with Gasteiger partial charge in [-0.3, -0.25) is 0 Å². The summed E-state index contributed by atoms with van der Waals surface area (Å²) in [5.41, 5.74) is 7.99. The second-order valence-electron chi connectivity index (χ2n) is 10.8. The number of fused-ring (bicyclic) bond motifs is 3. The number of thiophene rings is 1. The van der Waals surface area contributed by atoms with Crippen LogP contribution in [0.5, 0.6) is 0 Å². The molecule has 2 heterocycles. The van der Waals surface area contributed by atoms with Crippen LogP contribution in [0.2, 0.25) is 0 Å². The van der Waals surface area contributed by atoms with Gasteiger partial charge in [0, 0.05) is 21.3 Å². The second-order valence-corrected chi connectivity index (χ2v) is 11.8. The molecule has 2 heteroatoms. The SMILES string of the molecule is CC(C)(C)c1ccc2c(c1)c1cc(C(C)(C)C)ccc1n2-c1ccc(-c2cccs2)cc1. The molecule has 5 rings (SSSR count). The van der Waals surface area contributed by atoms with E-state index in [2.05, 4.69) is 124 Å². The van der Waals surface area contributed by atoms with Gasteiger partial charge in [-0.05, 0) is 75.4 Å². The first kappa shape index (κ1) is 21.0. The fourth-order valence-corrected chi connectivity index (χ4v) is 5.19. The van der Waals surface area contributed by atoms with Crippen LogP contribution in [0.25, 0.3) is 37.9 Å². The maximum absolute atomic E-state index is 2.42. The highest BCUT2D eigenvalue weighted by Crippen LogP contribution is 2.38. The zero-order valence-corrected chi connectivity index (χ0v) is 20.7. The summed E-state index contributed by atoms with van der Waals surface area (Å²) in [6.07, 6.45) is 0. The highest BCUT2D eigenvalue weighted by atomic mass is 32.1. The molecular weight excluding hydrogens is 406 g/mol. The van der Waals surface area contributed by atoms with Crippen LogP contribution in [0, 0.1) is 0 Å². The Morgan fingerprint density at radius 1 is 0.625 bits per heavy atom. The van der Waals surface area contributed by atoms with E-state index >= 15 is 0 Å². The molecule has 162 valence electrons. The summed E-state index contributed by atoms with van der Waals surface area (Å²) in [7, 11) is 0. The molecule has 32 heavy (non-hydrogen) atoms. The average Bonchev–Trinajstić information content (AvgIpc) is 3.38. The van der Waals surface area contributed by atoms with E-state index in [1.165, 1.54) is 49.1 Å². The van der Waals surface area contributed by atoms with Crippen LogP contribution in [-0.4, -0.2) is 4.57 Å². The summed E-state index contributed by atoms with van der Waals surface area (Å²) in [6.45, 7) is 13.7. The van der Waals surface area contributed by atoms with E-state index in [9.17, 15) is 0 Å². The molecule has 5 aromatic rings. The third-order valence-electron chi connectivity index (χ3n) is 6.43. The molecule has 0 fully saturated rings. The zero-order chi connectivity index (χ0) is 22.7. The Balaban J connectivity index is 1.77. The molecule has 0 bridgehead atoms. The Morgan fingerprint density at radius 2 is 1.16 bits per heavy atom. The Morgan fingerprint density at radius 3 is 1.59 bits per heavy atom. The molecule has 0 unspecified atom stereocenters. The van der Waals surface area contributed by atoms with Gasteiger partial charge in [0.15, 0.2) is 0 Å². The maximum Gasteiger partial charge on any atom is 0.0541 e. The molecular formula is C30H31NS. The minimum Gasteiger partial charge on any atom is -0.309 e. The normalized spacial score (nSPS) is 12.7. The van der Waals surface area contributed by atoms with Gasteiger partial charge in [0.1, 0.15) is 0 Å². The van der Waals surface area contributed by atoms with Gasteiger partial charge in [-0.15, -0.1) is 11.3 Å². The summed E-state index contributed by atoms with van der Waals surface area (Å²) in [5.74, 6) is 0. The van der Waals surface area contributed by atoms with Gasteiger partial charge in [0.2, 0.25) is 0 Å². The maximum atomic E-state index is 2.42. The highest BCUT2D eigenvalue weighted by molar-refractivity contribution is 7.13. The van der Waals surface area contributed by atoms with Crippen molar-refractivity contribution < 1.29 is 0 Å². The largest absolute Gasteiger partial charge is 0.309 e. The van der Waals surface area contributed by atoms with Crippen LogP contribution in [0.4, 0.5) is 0 Å². The predicted octanol–water partition coefficient (Wildman–Crippen LogP) is 9.11. The lowest BCUT2D eigenvalue weighted by molar-refractivity contribution is 0.590. The number of hydrogen-bond acceptors (Lipinski definition) is 1. The molecule has 0 aliphatic carbocycles. The van der Waals surface area contributed by atoms with Crippen molar-refractivity contribution in [3.8, 4) is 16.1 Å². The standard InChI is InChI=1S/C30H31NS/c1-29(2,3)21-11-15-26-24(18-21)25-19-22(30(4,5)6)12-16-27(25)31(26)23-13-9-20(10-14-23)28-8-7-17-32-28/h7-19H,1-6H3. The molecule has 0 spiro atoms. The van der Waals surface area contributed by atoms with Gasteiger partial charge >= 0.3 is 0 Å². The van der Waals surface area contributed by atoms with E-state index in [0.29, 0.717) is 0 Å². The topological polar surface area (TPSA) is 4.93 Å². The molecule has 0 N–H and O–H groups in total. The minimum atomic E-state index is 0.118. The summed E-state index contributed by atoms with van der Waals surface area (Å²) in [6, 6.07) is 27.3. The molecule has 0 amide bonds. The fraction of sp³-hybridized carbons (Fsp3) is 0.267. The van der Waals surface area contributed by atoms with Crippen LogP contribution in [-0.2, 0) is 10.8 Å². The molecule has 1 nitrogen and oxygen atoms in total. The van der Waals surface area contributed by atoms with Gasteiger partial charge in [-0.1, -0.05) is 71.9 Å². The van der Waals surface area contributed by atoms with Crippen molar-refractivity contribution in [2.75, 3.05) is 0 Å². The van der Waals surface area contributed by atoms with Gasteiger partial charge in [-0.25, -0.2) is 0 Å². The smallest absolute Gasteiger partial charge is 0.0541 e. The van der Waals surface area contributed by atoms with Crippen molar-refractivity contribution in [2.45, 2.75) is 52.4 Å². The van der Waals surface area contributed by atoms with Crippen LogP contribution < -0.4 is 0 Å². The van der Waals surface area contributed by atoms with Gasteiger partial charge in [0.25, 0.3) is 0 Å². The van der Waals surface area contributed by atoms with E-state index in [1.807, 2.05) is 0 Å². The van der Waals surface area contributed by atoms with Crippen LogP contribution in [0.3, 0.4) is 0 Å². The van der Waals surface area contributed by atoms with Crippen molar-refractivity contribution in [1.29, 1.82) is 0 Å². The first-order chi connectivity index (χ1) is 15.1. The quantitative estimate of drug-likeness (QED) is 0.259. The summed E-state index contributed by atoms with van der Waals surface area (Å²) < 4.78 is 2.42. The Labute approximate surface area is 195 Å². The Hall–Kier alpha value is -2.84. The Kier molecular flexibility index (Phi) is 4.83. The first-order valence-electron chi connectivity index (χ1n) is 11.4. The first-order valence-corrected chi connectivity index (χ1v) is 12.2. The lowest BCUT2D eigenvalue weighted by Crippen LogP contribution is -2.10. The van der Waals surface area contributed by atoms with Gasteiger partial charge < -0.3 is 4.57 Å². The third-order valence-corrected chi connectivity index (χ3v) is 7.35. The van der Waals surface area contributed by atoms with E-state index in [4.69, 9.17) is 0 Å². The van der Waals surface area contributed by atoms with Crippen molar-refractivity contribution in [3.63, 3.8) is 0 Å². The molecule has 0 aliphatic heterocycles. The summed E-state index contributed by atoms with van der Waals surface area (Å²) in [4.78, 5) is 1.31. The molecule has 0 radical (unpaired) electrons. The van der Waals surface area contributed by atoms with E-state index < -0.39 is 0 Å². The molecule has 0 saturated heterocycles. The Bertz CT molecular complexity index is 1330.